The van der Waals surface area contributed by atoms with E-state index in [9.17, 15) is 5.11 Å². The Kier molecular flexibility index (Phi) is 3.82. The highest BCUT2D eigenvalue weighted by Gasteiger charge is 2.10. The molecule has 2 aromatic carbocycles. The molecular weight excluding hydrogens is 278 g/mol. The molecule has 0 saturated carbocycles. The molecule has 0 radical (unpaired) electrons. The summed E-state index contributed by atoms with van der Waals surface area (Å²) < 4.78 is 1.02. The number of aliphatic hydroxyl groups excluding tert-OH is 1. The van der Waals surface area contributed by atoms with Crippen LogP contribution < -0.4 is 5.73 Å². The molecule has 88 valence electrons. The molecule has 0 heterocycles. The average Bonchev–Trinajstić information content (AvgIpc) is 2.32. The van der Waals surface area contributed by atoms with Gasteiger partial charge in [-0.2, -0.15) is 0 Å². The molecule has 0 aliphatic heterocycles. The fourth-order valence-electron chi connectivity index (χ4n) is 1.76. The van der Waals surface area contributed by atoms with E-state index >= 15 is 0 Å². The number of anilines is 1. The first-order valence-corrected chi connectivity index (χ1v) is 6.23. The van der Waals surface area contributed by atoms with Crippen molar-refractivity contribution in [2.45, 2.75) is 12.5 Å². The van der Waals surface area contributed by atoms with Crippen LogP contribution in [0, 0.1) is 0 Å². The molecule has 2 aromatic rings. The highest BCUT2D eigenvalue weighted by molar-refractivity contribution is 9.10. The molecule has 0 spiro atoms. The first-order chi connectivity index (χ1) is 8.16. The maximum absolute atomic E-state index is 10.1. The highest BCUT2D eigenvalue weighted by Crippen LogP contribution is 2.24. The molecule has 0 aliphatic carbocycles. The lowest BCUT2D eigenvalue weighted by Crippen LogP contribution is -2.03. The van der Waals surface area contributed by atoms with Crippen molar-refractivity contribution in [2.75, 3.05) is 5.73 Å². The molecule has 0 fully saturated rings. The fourth-order valence-corrected chi connectivity index (χ4v) is 2.20. The largest absolute Gasteiger partial charge is 0.399 e. The number of nitrogens with two attached hydrogens (primary N) is 1. The van der Waals surface area contributed by atoms with Gasteiger partial charge in [-0.15, -0.1) is 0 Å². The summed E-state index contributed by atoms with van der Waals surface area (Å²) in [5.41, 5.74) is 8.31. The van der Waals surface area contributed by atoms with Gasteiger partial charge in [0.1, 0.15) is 0 Å². The van der Waals surface area contributed by atoms with E-state index in [0.717, 1.165) is 15.6 Å². The Morgan fingerprint density at radius 3 is 2.59 bits per heavy atom. The van der Waals surface area contributed by atoms with Gasteiger partial charge in [-0.05, 0) is 29.3 Å². The minimum absolute atomic E-state index is 0.530. The summed E-state index contributed by atoms with van der Waals surface area (Å²) in [5, 5.41) is 10.1. The summed E-state index contributed by atoms with van der Waals surface area (Å²) in [6.07, 6.45) is 0.0439. The molecule has 2 rings (SSSR count). The zero-order valence-electron chi connectivity index (χ0n) is 9.31. The van der Waals surface area contributed by atoms with E-state index in [1.807, 2.05) is 48.5 Å². The van der Waals surface area contributed by atoms with E-state index in [-0.39, 0.29) is 0 Å². The third-order valence-corrected chi connectivity index (χ3v) is 3.44. The summed E-state index contributed by atoms with van der Waals surface area (Å²) in [7, 11) is 0. The molecule has 3 N–H and O–H groups in total. The van der Waals surface area contributed by atoms with Gasteiger partial charge in [0.15, 0.2) is 0 Å². The number of nitrogen functional groups attached to an aromatic ring is 1. The van der Waals surface area contributed by atoms with E-state index < -0.39 is 6.10 Å². The van der Waals surface area contributed by atoms with Crippen molar-refractivity contribution >= 4 is 21.6 Å². The quantitative estimate of drug-likeness (QED) is 0.853. The summed E-state index contributed by atoms with van der Waals surface area (Å²) in [6.45, 7) is 0. The third-order valence-electron chi connectivity index (χ3n) is 2.67. The summed E-state index contributed by atoms with van der Waals surface area (Å²) in [5.74, 6) is 0. The van der Waals surface area contributed by atoms with Crippen molar-refractivity contribution in [3.05, 3.63) is 64.1 Å². The SMILES string of the molecule is Nc1cccc(C(O)Cc2ccccc2Br)c1. The van der Waals surface area contributed by atoms with Crippen LogP contribution >= 0.6 is 15.9 Å². The molecule has 17 heavy (non-hydrogen) atoms. The van der Waals surface area contributed by atoms with Gasteiger partial charge in [0.05, 0.1) is 6.10 Å². The molecular formula is C14H14BrNO. The standard InChI is InChI=1S/C14H14BrNO/c15-13-7-2-1-4-10(13)9-14(17)11-5-3-6-12(16)8-11/h1-8,14,17H,9,16H2. The maximum Gasteiger partial charge on any atom is 0.0831 e. The van der Waals surface area contributed by atoms with Gasteiger partial charge < -0.3 is 10.8 Å². The normalized spacial score (nSPS) is 12.4. The molecule has 0 saturated heterocycles. The number of halogens is 1. The molecule has 2 nitrogen and oxygen atoms in total. The molecule has 1 atom stereocenters. The number of hydrogen-bond acceptors (Lipinski definition) is 2. The van der Waals surface area contributed by atoms with Gasteiger partial charge in [-0.1, -0.05) is 46.3 Å². The lowest BCUT2D eigenvalue weighted by atomic mass is 10.0. The Balaban J connectivity index is 2.17. The predicted octanol–water partition coefficient (Wildman–Crippen LogP) is 3.31. The highest BCUT2D eigenvalue weighted by atomic mass is 79.9. The van der Waals surface area contributed by atoms with Crippen molar-refractivity contribution in [3.8, 4) is 0 Å². The smallest absolute Gasteiger partial charge is 0.0831 e. The zero-order valence-corrected chi connectivity index (χ0v) is 10.9. The summed E-state index contributed by atoms with van der Waals surface area (Å²) in [4.78, 5) is 0. The zero-order chi connectivity index (χ0) is 12.3. The minimum Gasteiger partial charge on any atom is -0.399 e. The van der Waals surface area contributed by atoms with E-state index in [1.165, 1.54) is 0 Å². The van der Waals surface area contributed by atoms with Crippen LogP contribution in [0.3, 0.4) is 0 Å². The van der Waals surface area contributed by atoms with Crippen LogP contribution in [0.25, 0.3) is 0 Å². The molecule has 0 aromatic heterocycles. The Morgan fingerprint density at radius 1 is 1.12 bits per heavy atom. The lowest BCUT2D eigenvalue weighted by molar-refractivity contribution is 0.178. The van der Waals surface area contributed by atoms with Crippen molar-refractivity contribution < 1.29 is 5.11 Å². The second kappa shape index (κ2) is 5.34. The van der Waals surface area contributed by atoms with Crippen molar-refractivity contribution in [1.29, 1.82) is 0 Å². The van der Waals surface area contributed by atoms with Gasteiger partial charge >= 0.3 is 0 Å². The molecule has 0 amide bonds. The summed E-state index contributed by atoms with van der Waals surface area (Å²) in [6, 6.07) is 15.3. The fraction of sp³-hybridized carbons (Fsp3) is 0.143. The van der Waals surface area contributed by atoms with Crippen molar-refractivity contribution in [3.63, 3.8) is 0 Å². The first kappa shape index (κ1) is 12.1. The number of hydrogen-bond donors (Lipinski definition) is 2. The number of rotatable bonds is 3. The van der Waals surface area contributed by atoms with Gasteiger partial charge in [0.2, 0.25) is 0 Å². The van der Waals surface area contributed by atoms with Crippen LogP contribution in [0.1, 0.15) is 17.2 Å². The third kappa shape index (κ3) is 3.08. The number of benzene rings is 2. The predicted molar refractivity (Wildman–Crippen MR) is 73.7 cm³/mol. The van der Waals surface area contributed by atoms with Crippen LogP contribution in [-0.4, -0.2) is 5.11 Å². The van der Waals surface area contributed by atoms with Crippen LogP contribution in [0.4, 0.5) is 5.69 Å². The average molecular weight is 292 g/mol. The maximum atomic E-state index is 10.1. The van der Waals surface area contributed by atoms with Crippen LogP contribution in [0.2, 0.25) is 0 Å². The molecule has 1 unspecified atom stereocenters. The van der Waals surface area contributed by atoms with E-state index in [0.29, 0.717) is 12.1 Å². The van der Waals surface area contributed by atoms with Crippen molar-refractivity contribution in [2.24, 2.45) is 0 Å². The van der Waals surface area contributed by atoms with Gasteiger partial charge in [-0.3, -0.25) is 0 Å². The summed E-state index contributed by atoms with van der Waals surface area (Å²) >= 11 is 3.48. The molecule has 3 heteroatoms. The lowest BCUT2D eigenvalue weighted by Gasteiger charge is -2.12. The van der Waals surface area contributed by atoms with E-state index in [1.54, 1.807) is 0 Å². The Bertz CT molecular complexity index is 513. The van der Waals surface area contributed by atoms with Crippen molar-refractivity contribution in [1.82, 2.24) is 0 Å². The monoisotopic (exact) mass is 291 g/mol. The van der Waals surface area contributed by atoms with E-state index in [4.69, 9.17) is 5.73 Å². The van der Waals surface area contributed by atoms with Crippen LogP contribution in [0.5, 0.6) is 0 Å². The van der Waals surface area contributed by atoms with Crippen LogP contribution in [0.15, 0.2) is 53.0 Å². The molecule has 0 aliphatic rings. The second-order valence-electron chi connectivity index (χ2n) is 3.98. The van der Waals surface area contributed by atoms with Gasteiger partial charge in [0, 0.05) is 16.6 Å². The minimum atomic E-state index is -0.530. The first-order valence-electron chi connectivity index (χ1n) is 5.44. The number of aliphatic hydroxyl groups is 1. The van der Waals surface area contributed by atoms with Gasteiger partial charge in [-0.25, -0.2) is 0 Å². The molecule has 0 bridgehead atoms. The second-order valence-corrected chi connectivity index (χ2v) is 4.84. The van der Waals surface area contributed by atoms with Crippen LogP contribution in [-0.2, 0) is 6.42 Å². The Morgan fingerprint density at radius 2 is 1.88 bits per heavy atom. The Hall–Kier alpha value is -1.32. The Labute approximate surface area is 109 Å². The van der Waals surface area contributed by atoms with E-state index in [2.05, 4.69) is 15.9 Å². The van der Waals surface area contributed by atoms with Gasteiger partial charge in [0.25, 0.3) is 0 Å². The topological polar surface area (TPSA) is 46.2 Å².